The van der Waals surface area contributed by atoms with Crippen molar-refractivity contribution >= 4 is 33.3 Å². The molecule has 3 rings (SSSR count). The Hall–Kier alpha value is -1.36. The van der Waals surface area contributed by atoms with Gasteiger partial charge in [0, 0.05) is 12.6 Å². The minimum atomic E-state index is 0.384. The van der Waals surface area contributed by atoms with Crippen LogP contribution in [-0.2, 0) is 0 Å². The summed E-state index contributed by atoms with van der Waals surface area (Å²) >= 11 is 1.63. The highest BCUT2D eigenvalue weighted by Gasteiger charge is 2.29. The van der Waals surface area contributed by atoms with Crippen LogP contribution in [0, 0.1) is 5.92 Å². The van der Waals surface area contributed by atoms with Crippen molar-refractivity contribution in [3.05, 3.63) is 11.4 Å². The molecule has 1 aliphatic heterocycles. The molecular formula is C13H18N4S. The van der Waals surface area contributed by atoms with Crippen molar-refractivity contribution in [2.75, 3.05) is 17.2 Å². The van der Waals surface area contributed by atoms with Crippen LogP contribution in [0.1, 0.15) is 26.7 Å². The molecule has 1 saturated heterocycles. The molecule has 1 aliphatic rings. The Morgan fingerprint density at radius 2 is 2.28 bits per heavy atom. The molecule has 4 nitrogen and oxygen atoms in total. The molecule has 3 heterocycles. The van der Waals surface area contributed by atoms with Gasteiger partial charge in [-0.25, -0.2) is 4.98 Å². The van der Waals surface area contributed by atoms with E-state index in [4.69, 9.17) is 5.73 Å². The number of nitrogens with zero attached hydrogens (tertiary/aromatic N) is 3. The summed E-state index contributed by atoms with van der Waals surface area (Å²) < 4.78 is 0. The first-order valence-electron chi connectivity index (χ1n) is 6.44. The first-order valence-corrected chi connectivity index (χ1v) is 7.32. The molecule has 1 fully saturated rings. The van der Waals surface area contributed by atoms with Crippen LogP contribution in [0.25, 0.3) is 10.2 Å². The van der Waals surface area contributed by atoms with Crippen LogP contribution in [-0.4, -0.2) is 22.6 Å². The molecule has 0 radical (unpaired) electrons. The van der Waals surface area contributed by atoms with Crippen LogP contribution >= 0.6 is 11.3 Å². The molecule has 0 aromatic carbocycles. The van der Waals surface area contributed by atoms with E-state index < -0.39 is 0 Å². The molecule has 0 bridgehead atoms. The molecule has 1 atom stereocenters. The Morgan fingerprint density at radius 3 is 3.06 bits per heavy atom. The van der Waals surface area contributed by atoms with Crippen LogP contribution in [0.3, 0.4) is 0 Å². The number of rotatable bonds is 2. The second-order valence-corrected chi connectivity index (χ2v) is 6.09. The number of hydrogen-bond acceptors (Lipinski definition) is 5. The van der Waals surface area contributed by atoms with Crippen LogP contribution in [0.2, 0.25) is 0 Å². The second-order valence-electron chi connectivity index (χ2n) is 5.19. The van der Waals surface area contributed by atoms with Crippen molar-refractivity contribution in [1.29, 1.82) is 0 Å². The number of thiophene rings is 1. The zero-order valence-electron chi connectivity index (χ0n) is 10.8. The summed E-state index contributed by atoms with van der Waals surface area (Å²) in [4.78, 5) is 12.2. The van der Waals surface area contributed by atoms with Gasteiger partial charge in [-0.15, -0.1) is 11.3 Å². The normalized spacial score (nSPS) is 20.2. The molecule has 2 aromatic heterocycles. The van der Waals surface area contributed by atoms with Gasteiger partial charge in [-0.05, 0) is 30.2 Å². The minimum Gasteiger partial charge on any atom is -0.368 e. The summed E-state index contributed by atoms with van der Waals surface area (Å²) in [6.07, 6.45) is 2.48. The fourth-order valence-electron chi connectivity index (χ4n) is 2.82. The molecule has 5 heteroatoms. The molecule has 2 aromatic rings. The predicted octanol–water partition coefficient (Wildman–Crippen LogP) is 2.90. The van der Waals surface area contributed by atoms with E-state index in [0.717, 1.165) is 22.6 Å². The molecule has 18 heavy (non-hydrogen) atoms. The Labute approximate surface area is 111 Å². The third-order valence-corrected chi connectivity index (χ3v) is 4.47. The van der Waals surface area contributed by atoms with Crippen LogP contribution < -0.4 is 10.6 Å². The fraction of sp³-hybridized carbons (Fsp3) is 0.538. The third-order valence-electron chi connectivity index (χ3n) is 3.66. The molecule has 0 saturated carbocycles. The largest absolute Gasteiger partial charge is 0.368 e. The van der Waals surface area contributed by atoms with Gasteiger partial charge in [-0.3, -0.25) is 0 Å². The maximum atomic E-state index is 5.83. The number of aromatic nitrogens is 2. The van der Waals surface area contributed by atoms with E-state index in [-0.39, 0.29) is 0 Å². The first-order chi connectivity index (χ1) is 8.66. The van der Waals surface area contributed by atoms with E-state index in [1.165, 1.54) is 12.8 Å². The van der Waals surface area contributed by atoms with Gasteiger partial charge < -0.3 is 10.6 Å². The van der Waals surface area contributed by atoms with E-state index in [9.17, 15) is 0 Å². The fourth-order valence-corrected chi connectivity index (χ4v) is 3.59. The van der Waals surface area contributed by atoms with Crippen molar-refractivity contribution in [2.45, 2.75) is 32.7 Å². The maximum Gasteiger partial charge on any atom is 0.223 e. The average Bonchev–Trinajstić information content (AvgIpc) is 2.95. The molecule has 2 N–H and O–H groups in total. The molecular weight excluding hydrogens is 244 g/mol. The lowest BCUT2D eigenvalue weighted by Gasteiger charge is -2.29. The molecule has 0 spiro atoms. The zero-order chi connectivity index (χ0) is 12.7. The van der Waals surface area contributed by atoms with Gasteiger partial charge in [0.15, 0.2) is 0 Å². The number of nitrogens with two attached hydrogens (primary N) is 1. The van der Waals surface area contributed by atoms with E-state index in [1.54, 1.807) is 11.3 Å². The van der Waals surface area contributed by atoms with Crippen molar-refractivity contribution < 1.29 is 0 Å². The highest BCUT2D eigenvalue weighted by atomic mass is 32.1. The zero-order valence-corrected chi connectivity index (χ0v) is 11.6. The molecule has 96 valence electrons. The Morgan fingerprint density at radius 1 is 1.44 bits per heavy atom. The SMILES string of the molecule is CC(C)C1CCCN1c1nc(N)nc2sccc12. The predicted molar refractivity (Wildman–Crippen MR) is 77.0 cm³/mol. The topological polar surface area (TPSA) is 55.0 Å². The summed E-state index contributed by atoms with van der Waals surface area (Å²) in [5.74, 6) is 2.04. The summed E-state index contributed by atoms with van der Waals surface area (Å²) in [7, 11) is 0. The molecule has 1 unspecified atom stereocenters. The average molecular weight is 262 g/mol. The monoisotopic (exact) mass is 262 g/mol. The Bertz CT molecular complexity index is 563. The highest BCUT2D eigenvalue weighted by Crippen LogP contribution is 2.34. The Balaban J connectivity index is 2.10. The summed E-state index contributed by atoms with van der Waals surface area (Å²) in [6.45, 7) is 5.63. The lowest BCUT2D eigenvalue weighted by Crippen LogP contribution is -2.34. The number of nitrogen functional groups attached to an aromatic ring is 1. The number of fused-ring (bicyclic) bond motifs is 1. The number of anilines is 2. The lowest BCUT2D eigenvalue weighted by molar-refractivity contribution is 0.490. The maximum absolute atomic E-state index is 5.83. The second kappa shape index (κ2) is 4.39. The Kier molecular flexibility index (Phi) is 2.86. The summed E-state index contributed by atoms with van der Waals surface area (Å²) in [5.41, 5.74) is 5.83. The van der Waals surface area contributed by atoms with E-state index in [1.807, 2.05) is 0 Å². The smallest absolute Gasteiger partial charge is 0.223 e. The highest BCUT2D eigenvalue weighted by molar-refractivity contribution is 7.16. The van der Waals surface area contributed by atoms with Crippen molar-refractivity contribution in [2.24, 2.45) is 5.92 Å². The first kappa shape index (κ1) is 11.7. The van der Waals surface area contributed by atoms with Gasteiger partial charge in [0.25, 0.3) is 0 Å². The minimum absolute atomic E-state index is 0.384. The number of hydrogen-bond donors (Lipinski definition) is 1. The quantitative estimate of drug-likeness (QED) is 0.904. The van der Waals surface area contributed by atoms with Crippen LogP contribution in [0.15, 0.2) is 11.4 Å². The van der Waals surface area contributed by atoms with Gasteiger partial charge in [0.1, 0.15) is 10.6 Å². The van der Waals surface area contributed by atoms with Crippen molar-refractivity contribution in [1.82, 2.24) is 9.97 Å². The third kappa shape index (κ3) is 1.82. The van der Waals surface area contributed by atoms with E-state index in [0.29, 0.717) is 17.9 Å². The van der Waals surface area contributed by atoms with Crippen molar-refractivity contribution in [3.8, 4) is 0 Å². The van der Waals surface area contributed by atoms with Crippen LogP contribution in [0.5, 0.6) is 0 Å². The molecule has 0 amide bonds. The van der Waals surface area contributed by atoms with Gasteiger partial charge in [0.2, 0.25) is 5.95 Å². The van der Waals surface area contributed by atoms with Crippen molar-refractivity contribution in [3.63, 3.8) is 0 Å². The lowest BCUT2D eigenvalue weighted by atomic mass is 10.0. The summed E-state index contributed by atoms with van der Waals surface area (Å²) in [6, 6.07) is 2.67. The summed E-state index contributed by atoms with van der Waals surface area (Å²) in [5, 5.41) is 3.20. The molecule has 0 aliphatic carbocycles. The van der Waals surface area contributed by atoms with Crippen LogP contribution in [0.4, 0.5) is 11.8 Å². The van der Waals surface area contributed by atoms with Gasteiger partial charge >= 0.3 is 0 Å². The van der Waals surface area contributed by atoms with E-state index >= 15 is 0 Å². The standard InChI is InChI=1S/C13H18N4S/c1-8(2)10-4-3-6-17(10)11-9-5-7-18-12(9)16-13(14)15-11/h5,7-8,10H,3-4,6H2,1-2H3,(H2,14,15,16). The van der Waals surface area contributed by atoms with Gasteiger partial charge in [0.05, 0.1) is 5.39 Å². The van der Waals surface area contributed by atoms with Gasteiger partial charge in [-0.1, -0.05) is 13.8 Å². The van der Waals surface area contributed by atoms with E-state index in [2.05, 4.69) is 40.2 Å². The van der Waals surface area contributed by atoms with Gasteiger partial charge in [-0.2, -0.15) is 4.98 Å².